The first-order valence-electron chi connectivity index (χ1n) is 14.2. The first kappa shape index (κ1) is 33.1. The van der Waals surface area contributed by atoms with Gasteiger partial charge in [-0.05, 0) is 67.0 Å². The van der Waals surface area contributed by atoms with Gasteiger partial charge in [0.15, 0.2) is 0 Å². The predicted molar refractivity (Wildman–Crippen MR) is 168 cm³/mol. The van der Waals surface area contributed by atoms with Gasteiger partial charge in [-0.3, -0.25) is 9.63 Å². The van der Waals surface area contributed by atoms with E-state index in [9.17, 15) is 14.4 Å². The van der Waals surface area contributed by atoms with Crippen LogP contribution >= 0.6 is 11.6 Å². The van der Waals surface area contributed by atoms with Gasteiger partial charge < -0.3 is 15.1 Å². The molecule has 0 spiro atoms. The fraction of sp³-hybridized carbons (Fsp3) is 0.265. The molecule has 9 heteroatoms. The van der Waals surface area contributed by atoms with Gasteiger partial charge in [0.05, 0.1) is 6.61 Å². The van der Waals surface area contributed by atoms with Gasteiger partial charge in [0.1, 0.15) is 0 Å². The summed E-state index contributed by atoms with van der Waals surface area (Å²) in [7, 11) is 0. The molecular formula is C34H37ClN2O6. The Hall–Kier alpha value is -4.40. The summed E-state index contributed by atoms with van der Waals surface area (Å²) < 4.78 is 0. The van der Waals surface area contributed by atoms with E-state index in [-0.39, 0.29) is 5.91 Å². The number of carboxylic acid groups (broad SMARTS) is 2. The Balaban J connectivity index is 0.000000557. The minimum atomic E-state index is -1.26. The first-order valence-corrected chi connectivity index (χ1v) is 14.6. The number of amides is 1. The van der Waals surface area contributed by atoms with Gasteiger partial charge in [-0.2, -0.15) is 0 Å². The lowest BCUT2D eigenvalue weighted by Crippen LogP contribution is -2.21. The van der Waals surface area contributed by atoms with Gasteiger partial charge in [-0.15, -0.1) is 0 Å². The molecule has 1 aliphatic heterocycles. The molecule has 8 nitrogen and oxygen atoms in total. The Morgan fingerprint density at radius 1 is 0.791 bits per heavy atom. The van der Waals surface area contributed by atoms with Crippen LogP contribution < -0.4 is 10.4 Å². The largest absolute Gasteiger partial charge is 0.478 e. The fourth-order valence-electron chi connectivity index (χ4n) is 4.64. The van der Waals surface area contributed by atoms with Crippen molar-refractivity contribution in [3.05, 3.63) is 119 Å². The predicted octanol–water partition coefficient (Wildman–Crippen LogP) is 7.04. The second-order valence-corrected chi connectivity index (χ2v) is 10.3. The number of allylic oxidation sites excluding steroid dienone is 1. The standard InChI is InChI=1S/C30H33ClN2O2.C4H4O4/c31-27-20-19-26-18-17-25-14-9-10-15-28(25)33(29(26)22-27)21-11-4-2-1-3-8-16-30(34)32-35-23-24-12-6-5-7-13-24;5-3(6)1-2-4(7)8/h5-10,12-16,19-20,22H,1-4,11,17-18,21,23H2,(H,32,34);1-2H,(H,5,6)(H,7,8)/b16-8+;2-1-. The van der Waals surface area contributed by atoms with Crippen molar-refractivity contribution in [2.45, 2.75) is 51.6 Å². The zero-order chi connectivity index (χ0) is 30.9. The molecule has 0 saturated heterocycles. The molecule has 0 aromatic heterocycles. The smallest absolute Gasteiger partial charge is 0.328 e. The molecule has 3 N–H and O–H groups in total. The molecule has 0 unspecified atom stereocenters. The lowest BCUT2D eigenvalue weighted by atomic mass is 10.0. The van der Waals surface area contributed by atoms with Crippen LogP contribution in [0.25, 0.3) is 0 Å². The molecular weight excluding hydrogens is 568 g/mol. The third-order valence-electron chi connectivity index (χ3n) is 6.68. The molecule has 226 valence electrons. The lowest BCUT2D eigenvalue weighted by Gasteiger charge is -2.27. The van der Waals surface area contributed by atoms with Crippen molar-refractivity contribution in [2.75, 3.05) is 11.4 Å². The molecule has 0 radical (unpaired) electrons. The molecule has 3 aromatic carbocycles. The highest BCUT2D eigenvalue weighted by atomic mass is 35.5. The van der Waals surface area contributed by atoms with Gasteiger partial charge in [0.2, 0.25) is 0 Å². The quantitative estimate of drug-likeness (QED) is 0.109. The summed E-state index contributed by atoms with van der Waals surface area (Å²) in [4.78, 5) is 38.7. The number of hydroxylamine groups is 1. The highest BCUT2D eigenvalue weighted by Crippen LogP contribution is 2.37. The van der Waals surface area contributed by atoms with Gasteiger partial charge in [0.25, 0.3) is 5.91 Å². The maximum Gasteiger partial charge on any atom is 0.328 e. The topological polar surface area (TPSA) is 116 Å². The third-order valence-corrected chi connectivity index (χ3v) is 6.91. The van der Waals surface area contributed by atoms with E-state index in [0.29, 0.717) is 18.8 Å². The van der Waals surface area contributed by atoms with Gasteiger partial charge in [-0.25, -0.2) is 15.1 Å². The van der Waals surface area contributed by atoms with E-state index in [2.05, 4.69) is 46.8 Å². The van der Waals surface area contributed by atoms with E-state index in [0.717, 1.165) is 62.1 Å². The van der Waals surface area contributed by atoms with Crippen molar-refractivity contribution in [2.24, 2.45) is 0 Å². The summed E-state index contributed by atoms with van der Waals surface area (Å²) in [5, 5.41) is 16.4. The molecule has 0 fully saturated rings. The highest BCUT2D eigenvalue weighted by molar-refractivity contribution is 6.30. The number of unbranched alkanes of at least 4 members (excludes halogenated alkanes) is 4. The number of carbonyl (C=O) groups excluding carboxylic acids is 1. The minimum absolute atomic E-state index is 0.224. The van der Waals surface area contributed by atoms with Crippen LogP contribution in [-0.4, -0.2) is 34.6 Å². The average molecular weight is 605 g/mol. The van der Waals surface area contributed by atoms with E-state index in [1.54, 1.807) is 6.08 Å². The Morgan fingerprint density at radius 3 is 2.16 bits per heavy atom. The minimum Gasteiger partial charge on any atom is -0.478 e. The molecule has 0 aliphatic carbocycles. The second kappa shape index (κ2) is 18.2. The molecule has 0 atom stereocenters. The number of hydrogen-bond acceptors (Lipinski definition) is 5. The molecule has 0 saturated carbocycles. The number of anilines is 2. The number of aliphatic carboxylic acids is 2. The number of hydrogen-bond donors (Lipinski definition) is 3. The molecule has 43 heavy (non-hydrogen) atoms. The summed E-state index contributed by atoms with van der Waals surface area (Å²) in [5.74, 6) is -2.74. The van der Waals surface area contributed by atoms with Crippen molar-refractivity contribution in [1.82, 2.24) is 5.48 Å². The van der Waals surface area contributed by atoms with E-state index < -0.39 is 11.9 Å². The van der Waals surface area contributed by atoms with Crippen molar-refractivity contribution in [1.29, 1.82) is 0 Å². The van der Waals surface area contributed by atoms with Crippen LogP contribution in [0, 0.1) is 0 Å². The second-order valence-electron chi connectivity index (χ2n) is 9.91. The van der Waals surface area contributed by atoms with Crippen LogP contribution in [0.4, 0.5) is 11.4 Å². The van der Waals surface area contributed by atoms with Gasteiger partial charge in [-0.1, -0.05) is 85.1 Å². The van der Waals surface area contributed by atoms with Crippen LogP contribution in [0.1, 0.15) is 48.8 Å². The molecule has 0 bridgehead atoms. The zero-order valence-corrected chi connectivity index (χ0v) is 24.7. The normalized spacial score (nSPS) is 12.2. The monoisotopic (exact) mass is 604 g/mol. The number of carbonyl (C=O) groups is 3. The van der Waals surface area contributed by atoms with E-state index in [1.165, 1.54) is 22.5 Å². The molecule has 4 rings (SSSR count). The number of nitrogens with one attached hydrogen (secondary N) is 1. The number of rotatable bonds is 13. The van der Waals surface area contributed by atoms with Gasteiger partial charge in [0, 0.05) is 41.2 Å². The Labute approximate surface area is 257 Å². The van der Waals surface area contributed by atoms with Crippen molar-refractivity contribution >= 4 is 40.8 Å². The summed E-state index contributed by atoms with van der Waals surface area (Å²) in [6.45, 7) is 1.33. The van der Waals surface area contributed by atoms with Crippen molar-refractivity contribution in [3.63, 3.8) is 0 Å². The molecule has 1 heterocycles. The van der Waals surface area contributed by atoms with Crippen LogP contribution in [-0.2, 0) is 38.7 Å². The Morgan fingerprint density at radius 2 is 1.44 bits per heavy atom. The zero-order valence-electron chi connectivity index (χ0n) is 24.0. The van der Waals surface area contributed by atoms with Crippen LogP contribution in [0.2, 0.25) is 5.02 Å². The van der Waals surface area contributed by atoms with Crippen molar-refractivity contribution < 1.29 is 29.4 Å². The average Bonchev–Trinajstić information content (AvgIpc) is 3.15. The maximum atomic E-state index is 11.9. The van der Waals surface area contributed by atoms with Crippen LogP contribution in [0.5, 0.6) is 0 Å². The lowest BCUT2D eigenvalue weighted by molar-refractivity contribution is -0.134. The SMILES string of the molecule is O=C(/C=C/CCCCCCN1c2ccccc2CCc2ccc(Cl)cc21)NOCc1ccccc1.O=C(O)/C=C\C(=O)O. The van der Waals surface area contributed by atoms with Crippen LogP contribution in [0.15, 0.2) is 97.1 Å². The summed E-state index contributed by atoms with van der Waals surface area (Å²) in [6.07, 6.45) is 12.0. The maximum absolute atomic E-state index is 11.9. The summed E-state index contributed by atoms with van der Waals surface area (Å²) in [5.41, 5.74) is 8.79. The van der Waals surface area contributed by atoms with E-state index in [1.807, 2.05) is 42.5 Å². The number of halogens is 1. The molecule has 1 amide bonds. The van der Waals surface area contributed by atoms with E-state index in [4.69, 9.17) is 26.7 Å². The Kier molecular flexibility index (Phi) is 14.0. The number of para-hydroxylation sites is 1. The number of benzene rings is 3. The molecule has 3 aromatic rings. The number of aryl methyl sites for hydroxylation is 2. The highest BCUT2D eigenvalue weighted by Gasteiger charge is 2.20. The molecule has 1 aliphatic rings. The Bertz CT molecular complexity index is 1390. The number of nitrogens with zero attached hydrogens (tertiary/aromatic N) is 1. The van der Waals surface area contributed by atoms with E-state index >= 15 is 0 Å². The summed E-state index contributed by atoms with van der Waals surface area (Å²) >= 11 is 6.36. The third kappa shape index (κ3) is 12.2. The van der Waals surface area contributed by atoms with Gasteiger partial charge >= 0.3 is 11.9 Å². The summed E-state index contributed by atoms with van der Waals surface area (Å²) in [6, 6.07) is 24.8. The van der Waals surface area contributed by atoms with Crippen molar-refractivity contribution in [3.8, 4) is 0 Å². The fourth-order valence-corrected chi connectivity index (χ4v) is 4.81. The van der Waals surface area contributed by atoms with Crippen LogP contribution in [0.3, 0.4) is 0 Å². The number of fused-ring (bicyclic) bond motifs is 2. The number of carboxylic acids is 2. The first-order chi connectivity index (χ1) is 20.8.